The van der Waals surface area contributed by atoms with Gasteiger partial charge in [0.25, 0.3) is 0 Å². The van der Waals surface area contributed by atoms with E-state index in [9.17, 15) is 0 Å². The van der Waals surface area contributed by atoms with E-state index in [1.807, 2.05) is 36.4 Å². The van der Waals surface area contributed by atoms with Crippen LogP contribution in [0.4, 0.5) is 17.3 Å². The molecule has 0 spiro atoms. The van der Waals surface area contributed by atoms with E-state index in [0.29, 0.717) is 5.82 Å². The summed E-state index contributed by atoms with van der Waals surface area (Å²) >= 11 is 0. The van der Waals surface area contributed by atoms with Gasteiger partial charge < -0.3 is 0 Å². The van der Waals surface area contributed by atoms with Gasteiger partial charge in [-0.2, -0.15) is 0 Å². The van der Waals surface area contributed by atoms with Gasteiger partial charge in [0.1, 0.15) is 0 Å². The van der Waals surface area contributed by atoms with Gasteiger partial charge in [-0.25, -0.2) is 15.0 Å². The molecule has 0 saturated carbocycles. The van der Waals surface area contributed by atoms with Crippen molar-refractivity contribution >= 4 is 39.1 Å². The molecule has 5 heteroatoms. The molecule has 2 aromatic heterocycles. The Labute approximate surface area is 289 Å². The molecule has 234 valence electrons. The zero-order valence-electron chi connectivity index (χ0n) is 27.0. The molecule has 50 heavy (non-hydrogen) atoms. The summed E-state index contributed by atoms with van der Waals surface area (Å²) in [5.74, 6) is 1.55. The van der Waals surface area contributed by atoms with Crippen molar-refractivity contribution < 1.29 is 0 Å². The van der Waals surface area contributed by atoms with Crippen molar-refractivity contribution in [3.8, 4) is 50.7 Å². The van der Waals surface area contributed by atoms with E-state index >= 15 is 0 Å². The van der Waals surface area contributed by atoms with Crippen molar-refractivity contribution in [3.63, 3.8) is 0 Å². The Hall–Kier alpha value is -6.85. The van der Waals surface area contributed by atoms with Gasteiger partial charge in [0.15, 0.2) is 5.82 Å². The molecule has 0 fully saturated rings. The average Bonchev–Trinajstić information content (AvgIpc) is 3.52. The number of hydrogen-bond acceptors (Lipinski definition) is 4. The van der Waals surface area contributed by atoms with Gasteiger partial charge >= 0.3 is 0 Å². The second-order valence-electron chi connectivity index (χ2n) is 12.5. The van der Waals surface area contributed by atoms with Crippen LogP contribution in [0.3, 0.4) is 0 Å². The SMILES string of the molecule is c1ccc(-c2cc(-c3ccc(N4c5ccc6ccccc6c5-c5ccccc5-n5c4nc4ccccc45)cc3)nc(-c3ccccc3)n2)cc1. The van der Waals surface area contributed by atoms with Crippen molar-refractivity contribution in [2.24, 2.45) is 0 Å². The Balaban J connectivity index is 1.18. The molecule has 0 atom stereocenters. The van der Waals surface area contributed by atoms with Crippen LogP contribution < -0.4 is 4.90 Å². The second-order valence-corrected chi connectivity index (χ2v) is 12.5. The van der Waals surface area contributed by atoms with Crippen molar-refractivity contribution in [2.75, 3.05) is 4.90 Å². The number of hydrogen-bond donors (Lipinski definition) is 0. The van der Waals surface area contributed by atoms with Crippen LogP contribution in [0, 0.1) is 0 Å². The maximum Gasteiger partial charge on any atom is 0.220 e. The third-order valence-electron chi connectivity index (χ3n) is 9.55. The largest absolute Gasteiger partial charge is 0.280 e. The van der Waals surface area contributed by atoms with Gasteiger partial charge in [0.05, 0.1) is 33.8 Å². The zero-order valence-corrected chi connectivity index (χ0v) is 27.0. The molecule has 1 aliphatic heterocycles. The molecule has 5 nitrogen and oxygen atoms in total. The molecule has 0 bridgehead atoms. The first-order valence-electron chi connectivity index (χ1n) is 16.8. The first kappa shape index (κ1) is 28.2. The third-order valence-corrected chi connectivity index (χ3v) is 9.55. The molecule has 9 aromatic rings. The van der Waals surface area contributed by atoms with E-state index in [1.54, 1.807) is 0 Å². The Morgan fingerprint density at radius 2 is 1.08 bits per heavy atom. The average molecular weight is 640 g/mol. The fourth-order valence-electron chi connectivity index (χ4n) is 7.22. The van der Waals surface area contributed by atoms with Gasteiger partial charge in [0.2, 0.25) is 5.95 Å². The van der Waals surface area contributed by atoms with Crippen LogP contribution in [0.25, 0.3) is 72.5 Å². The molecule has 1 aliphatic rings. The molecule has 3 heterocycles. The molecule has 0 amide bonds. The lowest BCUT2D eigenvalue weighted by molar-refractivity contribution is 1.05. The fraction of sp³-hybridized carbons (Fsp3) is 0. The van der Waals surface area contributed by atoms with Crippen LogP contribution in [0.15, 0.2) is 176 Å². The summed E-state index contributed by atoms with van der Waals surface area (Å²) in [4.78, 5) is 17.7. The van der Waals surface area contributed by atoms with E-state index in [1.165, 1.54) is 21.9 Å². The molecule has 0 saturated heterocycles. The monoisotopic (exact) mass is 639 g/mol. The first-order valence-corrected chi connectivity index (χ1v) is 16.8. The van der Waals surface area contributed by atoms with E-state index in [2.05, 4.69) is 149 Å². The predicted molar refractivity (Wildman–Crippen MR) is 204 cm³/mol. The quantitative estimate of drug-likeness (QED) is 0.192. The number of imidazole rings is 1. The van der Waals surface area contributed by atoms with Crippen molar-refractivity contribution in [1.82, 2.24) is 19.5 Å². The Kier molecular flexibility index (Phi) is 6.42. The lowest BCUT2D eigenvalue weighted by Crippen LogP contribution is -2.14. The van der Waals surface area contributed by atoms with Crippen LogP contribution in [-0.4, -0.2) is 19.5 Å². The van der Waals surface area contributed by atoms with E-state index in [-0.39, 0.29) is 0 Å². The number of fused-ring (bicyclic) bond motifs is 9. The Bertz CT molecular complexity index is 2640. The maximum absolute atomic E-state index is 5.29. The van der Waals surface area contributed by atoms with Gasteiger partial charge in [-0.05, 0) is 53.2 Å². The van der Waals surface area contributed by atoms with Crippen molar-refractivity contribution in [3.05, 3.63) is 176 Å². The Morgan fingerprint density at radius 1 is 0.440 bits per heavy atom. The standard InChI is InChI=1S/C45H29N5/c1-3-14-31(15-4-1)38-29-39(47-44(46-38)33-16-5-2-6-17-33)32-23-26-34(27-24-32)49-42-28-25-30-13-7-8-18-35(30)43(42)36-19-9-11-21-40(36)50-41-22-12-10-20-37(41)48-45(49)50/h1-29H. The first-order chi connectivity index (χ1) is 24.8. The number of rotatable bonds is 4. The third kappa shape index (κ3) is 4.52. The fourth-order valence-corrected chi connectivity index (χ4v) is 7.22. The van der Waals surface area contributed by atoms with Crippen molar-refractivity contribution in [1.29, 1.82) is 0 Å². The highest BCUT2D eigenvalue weighted by molar-refractivity contribution is 6.08. The van der Waals surface area contributed by atoms with Crippen LogP contribution in [0.1, 0.15) is 0 Å². The maximum atomic E-state index is 5.29. The number of para-hydroxylation sites is 3. The molecule has 7 aromatic carbocycles. The summed E-state index contributed by atoms with van der Waals surface area (Å²) < 4.78 is 2.30. The van der Waals surface area contributed by atoms with Gasteiger partial charge in [0, 0.05) is 33.5 Å². The zero-order chi connectivity index (χ0) is 33.0. The number of anilines is 3. The van der Waals surface area contributed by atoms with Gasteiger partial charge in [-0.15, -0.1) is 0 Å². The smallest absolute Gasteiger partial charge is 0.220 e. The minimum absolute atomic E-state index is 0.700. The van der Waals surface area contributed by atoms with Crippen LogP contribution >= 0.6 is 0 Å². The summed E-state index contributed by atoms with van der Waals surface area (Å²) in [7, 11) is 0. The number of nitrogens with zero attached hydrogens (tertiary/aromatic N) is 5. The predicted octanol–water partition coefficient (Wildman–Crippen LogP) is 11.4. The summed E-state index contributed by atoms with van der Waals surface area (Å²) in [5, 5.41) is 2.41. The summed E-state index contributed by atoms with van der Waals surface area (Å²) in [6, 6.07) is 61.4. The summed E-state index contributed by atoms with van der Waals surface area (Å²) in [5.41, 5.74) is 12.4. The highest BCUT2D eigenvalue weighted by atomic mass is 15.3. The van der Waals surface area contributed by atoms with Crippen LogP contribution in [0.5, 0.6) is 0 Å². The van der Waals surface area contributed by atoms with Gasteiger partial charge in [-0.1, -0.05) is 133 Å². The minimum Gasteiger partial charge on any atom is -0.280 e. The van der Waals surface area contributed by atoms with E-state index < -0.39 is 0 Å². The van der Waals surface area contributed by atoms with Crippen LogP contribution in [-0.2, 0) is 0 Å². The second kappa shape index (κ2) is 11.4. The normalized spacial score (nSPS) is 12.0. The highest BCUT2D eigenvalue weighted by Gasteiger charge is 2.30. The summed E-state index contributed by atoms with van der Waals surface area (Å²) in [6.45, 7) is 0. The minimum atomic E-state index is 0.700. The molecule has 10 rings (SSSR count). The molecular formula is C45H29N5. The summed E-state index contributed by atoms with van der Waals surface area (Å²) in [6.07, 6.45) is 0. The molecular weight excluding hydrogens is 611 g/mol. The molecule has 0 radical (unpaired) electrons. The number of benzene rings is 7. The molecule has 0 unspecified atom stereocenters. The van der Waals surface area contributed by atoms with E-state index in [0.717, 1.165) is 62.1 Å². The lowest BCUT2D eigenvalue weighted by atomic mass is 9.94. The van der Waals surface area contributed by atoms with E-state index in [4.69, 9.17) is 15.0 Å². The van der Waals surface area contributed by atoms with Gasteiger partial charge in [-0.3, -0.25) is 9.47 Å². The topological polar surface area (TPSA) is 46.8 Å². The lowest BCUT2D eigenvalue weighted by Gasteiger charge is -2.25. The number of aromatic nitrogens is 4. The Morgan fingerprint density at radius 3 is 1.88 bits per heavy atom. The molecule has 0 aliphatic carbocycles. The molecule has 0 N–H and O–H groups in total. The van der Waals surface area contributed by atoms with Crippen LogP contribution in [0.2, 0.25) is 0 Å². The van der Waals surface area contributed by atoms with Crippen molar-refractivity contribution in [2.45, 2.75) is 0 Å². The highest BCUT2D eigenvalue weighted by Crippen LogP contribution is 2.50.